The Morgan fingerprint density at radius 3 is 2.69 bits per heavy atom. The predicted octanol–water partition coefficient (Wildman–Crippen LogP) is 3.43. The first-order valence-corrected chi connectivity index (χ1v) is 8.12. The fourth-order valence-corrected chi connectivity index (χ4v) is 2.42. The minimum Gasteiger partial charge on any atom is -0.495 e. The van der Waals surface area contributed by atoms with Crippen molar-refractivity contribution in [1.29, 1.82) is 0 Å². The average molecular weight is 489 g/mol. The van der Waals surface area contributed by atoms with E-state index in [1.165, 1.54) is 0 Å². The van der Waals surface area contributed by atoms with Crippen molar-refractivity contribution in [3.63, 3.8) is 0 Å². The van der Waals surface area contributed by atoms with Gasteiger partial charge in [-0.05, 0) is 37.3 Å². The third kappa shape index (κ3) is 6.72. The molecule has 0 aliphatic heterocycles. The molecule has 0 radical (unpaired) electrons. The molecule has 2 aromatic rings. The molecule has 0 aliphatic rings. The number of nitrogens with zero attached hydrogens (tertiary/aromatic N) is 1. The lowest BCUT2D eigenvalue weighted by Gasteiger charge is -2.09. The highest BCUT2D eigenvalue weighted by atomic mass is 127. The maximum absolute atomic E-state index is 12.0. The highest BCUT2D eigenvalue weighted by Gasteiger charge is 2.05. The Kier molecular flexibility index (Phi) is 9.22. The van der Waals surface area contributed by atoms with Crippen molar-refractivity contribution in [2.75, 3.05) is 25.5 Å². The largest absolute Gasteiger partial charge is 0.495 e. The van der Waals surface area contributed by atoms with Gasteiger partial charge in [0.15, 0.2) is 5.96 Å². The molecule has 0 spiro atoms. The van der Waals surface area contributed by atoms with Crippen molar-refractivity contribution < 1.29 is 9.53 Å². The predicted molar refractivity (Wildman–Crippen MR) is 117 cm³/mol. The molecule has 0 atom stereocenters. The van der Waals surface area contributed by atoms with E-state index < -0.39 is 0 Å². The first kappa shape index (κ1) is 22.0. The van der Waals surface area contributed by atoms with Crippen LogP contribution in [0.3, 0.4) is 0 Å². The topological polar surface area (TPSA) is 88.7 Å². The Morgan fingerprint density at radius 2 is 2.04 bits per heavy atom. The van der Waals surface area contributed by atoms with Crippen LogP contribution in [0.15, 0.2) is 47.5 Å². The smallest absolute Gasteiger partial charge is 0.251 e. The van der Waals surface area contributed by atoms with Crippen LogP contribution in [0.5, 0.6) is 5.75 Å². The summed E-state index contributed by atoms with van der Waals surface area (Å²) in [5.74, 6) is 0.694. The molecule has 0 aromatic heterocycles. The van der Waals surface area contributed by atoms with Crippen molar-refractivity contribution >= 4 is 53.1 Å². The van der Waals surface area contributed by atoms with Gasteiger partial charge in [0, 0.05) is 17.8 Å². The minimum atomic E-state index is -0.132. The number of amides is 1. The van der Waals surface area contributed by atoms with E-state index in [0.717, 1.165) is 5.56 Å². The summed E-state index contributed by atoms with van der Waals surface area (Å²) in [6.45, 7) is 2.69. The van der Waals surface area contributed by atoms with E-state index in [-0.39, 0.29) is 35.8 Å². The average Bonchev–Trinajstić information content (AvgIpc) is 2.58. The number of carbonyl (C=O) groups excluding carboxylic acids is 1. The number of ether oxygens (including phenoxy) is 1. The second-order valence-electron chi connectivity index (χ2n) is 5.37. The fraction of sp³-hybridized carbons (Fsp3) is 0.222. The van der Waals surface area contributed by atoms with Gasteiger partial charge in [0.25, 0.3) is 5.91 Å². The number of rotatable bonds is 6. The van der Waals surface area contributed by atoms with E-state index in [1.54, 1.807) is 31.4 Å². The van der Waals surface area contributed by atoms with Crippen molar-refractivity contribution in [1.82, 2.24) is 5.32 Å². The molecule has 0 aliphatic carbocycles. The highest BCUT2D eigenvalue weighted by molar-refractivity contribution is 14.0. The van der Waals surface area contributed by atoms with Crippen LogP contribution in [-0.2, 0) is 0 Å². The third-order valence-corrected chi connectivity index (χ3v) is 3.68. The van der Waals surface area contributed by atoms with E-state index >= 15 is 0 Å². The number of nitrogens with one attached hydrogen (secondary N) is 2. The maximum atomic E-state index is 12.0. The molecule has 0 bridgehead atoms. The molecule has 26 heavy (non-hydrogen) atoms. The normalized spacial score (nSPS) is 10.7. The van der Waals surface area contributed by atoms with Gasteiger partial charge in [0.1, 0.15) is 5.75 Å². The van der Waals surface area contributed by atoms with Gasteiger partial charge in [-0.15, -0.1) is 24.0 Å². The molecular formula is C18H22ClIN4O2. The maximum Gasteiger partial charge on any atom is 0.251 e. The first-order chi connectivity index (χ1) is 12.0. The standard InChI is InChI=1S/C18H21ClN4O2.HI/c1-12-4-3-5-13(10-12)17(24)21-8-9-22-18(20)23-14-6-7-16(25-2)15(19)11-14;/h3-7,10-11H,8-9H2,1-2H3,(H,21,24)(H3,20,22,23);1H. The second kappa shape index (κ2) is 10.9. The molecule has 1 amide bonds. The SMILES string of the molecule is COc1ccc(NC(N)=NCCNC(=O)c2cccc(C)c2)cc1Cl.I. The van der Waals surface area contributed by atoms with Gasteiger partial charge in [0.05, 0.1) is 18.7 Å². The number of nitrogens with two attached hydrogens (primary N) is 1. The van der Waals surface area contributed by atoms with E-state index in [1.807, 2.05) is 25.1 Å². The number of aryl methyl sites for hydroxylation is 1. The lowest BCUT2D eigenvalue weighted by atomic mass is 10.1. The number of methoxy groups -OCH3 is 1. The van der Waals surface area contributed by atoms with Crippen LogP contribution >= 0.6 is 35.6 Å². The molecule has 0 heterocycles. The Labute approximate surface area is 175 Å². The molecule has 140 valence electrons. The number of halogens is 2. The molecule has 0 fully saturated rings. The monoisotopic (exact) mass is 488 g/mol. The number of anilines is 1. The zero-order valence-corrected chi connectivity index (χ0v) is 17.7. The zero-order valence-electron chi connectivity index (χ0n) is 14.6. The van der Waals surface area contributed by atoms with E-state index in [9.17, 15) is 4.79 Å². The van der Waals surface area contributed by atoms with Crippen LogP contribution < -0.4 is 21.1 Å². The van der Waals surface area contributed by atoms with E-state index in [2.05, 4.69) is 15.6 Å². The molecule has 2 aromatic carbocycles. The van der Waals surface area contributed by atoms with Crippen molar-refractivity contribution in [2.45, 2.75) is 6.92 Å². The summed E-state index contributed by atoms with van der Waals surface area (Å²) >= 11 is 6.05. The van der Waals surface area contributed by atoms with Crippen molar-refractivity contribution in [3.05, 3.63) is 58.6 Å². The van der Waals surface area contributed by atoms with Crippen LogP contribution in [-0.4, -0.2) is 32.1 Å². The van der Waals surface area contributed by atoms with Gasteiger partial charge >= 0.3 is 0 Å². The molecule has 6 nitrogen and oxygen atoms in total. The van der Waals surface area contributed by atoms with Crippen LogP contribution in [0.1, 0.15) is 15.9 Å². The van der Waals surface area contributed by atoms with Crippen LogP contribution in [0.4, 0.5) is 5.69 Å². The van der Waals surface area contributed by atoms with Crippen LogP contribution in [0.2, 0.25) is 5.02 Å². The third-order valence-electron chi connectivity index (χ3n) is 3.38. The lowest BCUT2D eigenvalue weighted by Crippen LogP contribution is -2.28. The lowest BCUT2D eigenvalue weighted by molar-refractivity contribution is 0.0954. The number of guanidine groups is 1. The first-order valence-electron chi connectivity index (χ1n) is 7.75. The van der Waals surface area contributed by atoms with Crippen molar-refractivity contribution in [3.8, 4) is 5.75 Å². The highest BCUT2D eigenvalue weighted by Crippen LogP contribution is 2.26. The number of carbonyl (C=O) groups is 1. The van der Waals surface area contributed by atoms with Gasteiger partial charge < -0.3 is 21.1 Å². The summed E-state index contributed by atoms with van der Waals surface area (Å²) in [4.78, 5) is 16.2. The van der Waals surface area contributed by atoms with Crippen LogP contribution in [0.25, 0.3) is 0 Å². The van der Waals surface area contributed by atoms with E-state index in [0.29, 0.717) is 35.1 Å². The number of hydrogen-bond donors (Lipinski definition) is 3. The number of aliphatic imine (C=N–C) groups is 1. The molecule has 0 unspecified atom stereocenters. The molecule has 0 saturated carbocycles. The minimum absolute atomic E-state index is 0. The summed E-state index contributed by atoms with van der Waals surface area (Å²) < 4.78 is 5.09. The summed E-state index contributed by atoms with van der Waals surface area (Å²) in [7, 11) is 1.55. The van der Waals surface area contributed by atoms with Gasteiger partial charge in [-0.3, -0.25) is 9.79 Å². The molecular weight excluding hydrogens is 467 g/mol. The van der Waals surface area contributed by atoms with Gasteiger partial charge in [-0.2, -0.15) is 0 Å². The quantitative estimate of drug-likeness (QED) is 0.252. The Morgan fingerprint density at radius 1 is 1.27 bits per heavy atom. The fourth-order valence-electron chi connectivity index (χ4n) is 2.17. The summed E-state index contributed by atoms with van der Waals surface area (Å²) in [5, 5.41) is 6.22. The Balaban J connectivity index is 0.00000338. The molecule has 0 saturated heterocycles. The molecule has 4 N–H and O–H groups in total. The van der Waals surface area contributed by atoms with Crippen LogP contribution in [0, 0.1) is 6.92 Å². The Bertz CT molecular complexity index is 784. The summed E-state index contributed by atoms with van der Waals surface area (Å²) in [5.41, 5.74) is 8.20. The van der Waals surface area contributed by atoms with Gasteiger partial charge in [-0.1, -0.05) is 29.3 Å². The van der Waals surface area contributed by atoms with Gasteiger partial charge in [-0.25, -0.2) is 0 Å². The molecule has 2 rings (SSSR count). The van der Waals surface area contributed by atoms with Gasteiger partial charge in [0.2, 0.25) is 0 Å². The zero-order chi connectivity index (χ0) is 18.2. The van der Waals surface area contributed by atoms with E-state index in [4.69, 9.17) is 22.1 Å². The number of benzene rings is 2. The Hall–Kier alpha value is -2.00. The summed E-state index contributed by atoms with van der Waals surface area (Å²) in [6, 6.07) is 12.6. The van der Waals surface area contributed by atoms with Crippen molar-refractivity contribution in [2.24, 2.45) is 10.7 Å². The number of hydrogen-bond acceptors (Lipinski definition) is 3. The summed E-state index contributed by atoms with van der Waals surface area (Å²) in [6.07, 6.45) is 0. The molecule has 8 heteroatoms. The second-order valence-corrected chi connectivity index (χ2v) is 5.77.